The number of aliphatic carboxylic acids is 1. The predicted octanol–water partition coefficient (Wildman–Crippen LogP) is 0.663. The van der Waals surface area contributed by atoms with Crippen molar-refractivity contribution in [2.24, 2.45) is 11.8 Å². The Balaban J connectivity index is 2.38. The zero-order valence-electron chi connectivity index (χ0n) is 10.9. The van der Waals surface area contributed by atoms with Gasteiger partial charge in [-0.25, -0.2) is 4.72 Å². The van der Waals surface area contributed by atoms with E-state index in [1.807, 2.05) is 0 Å². The minimum absolute atomic E-state index is 0.169. The number of carboxylic acids is 1. The fourth-order valence-corrected chi connectivity index (χ4v) is 3.09. The van der Waals surface area contributed by atoms with Crippen LogP contribution in [0.3, 0.4) is 0 Å². The van der Waals surface area contributed by atoms with Gasteiger partial charge in [-0.05, 0) is 25.2 Å². The van der Waals surface area contributed by atoms with Crippen LogP contribution in [-0.2, 0) is 15.0 Å². The third-order valence-electron chi connectivity index (χ3n) is 3.37. The molecule has 0 amide bonds. The largest absolute Gasteiger partial charge is 0.481 e. The minimum atomic E-state index is -3.44. The van der Waals surface area contributed by atoms with Crippen molar-refractivity contribution in [2.45, 2.75) is 33.1 Å². The van der Waals surface area contributed by atoms with E-state index in [1.165, 1.54) is 4.31 Å². The Bertz CT molecular complexity index is 375. The van der Waals surface area contributed by atoms with E-state index in [2.05, 4.69) is 11.6 Å². The summed E-state index contributed by atoms with van der Waals surface area (Å²) >= 11 is 0. The average Bonchev–Trinajstić information content (AvgIpc) is 2.29. The molecular formula is C11H22N2O4S. The maximum absolute atomic E-state index is 11.9. The van der Waals surface area contributed by atoms with E-state index >= 15 is 0 Å². The zero-order valence-corrected chi connectivity index (χ0v) is 11.7. The van der Waals surface area contributed by atoms with Crippen LogP contribution in [0, 0.1) is 11.8 Å². The van der Waals surface area contributed by atoms with Crippen molar-refractivity contribution in [3.63, 3.8) is 0 Å². The lowest BCUT2D eigenvalue weighted by Crippen LogP contribution is -2.45. The van der Waals surface area contributed by atoms with Crippen molar-refractivity contribution in [2.75, 3.05) is 19.6 Å². The molecule has 106 valence electrons. The summed E-state index contributed by atoms with van der Waals surface area (Å²) in [6.07, 6.45) is 2.07. The Morgan fingerprint density at radius 1 is 1.44 bits per heavy atom. The number of hydrogen-bond acceptors (Lipinski definition) is 3. The number of rotatable bonds is 6. The molecule has 1 atom stereocenters. The molecule has 1 aliphatic rings. The summed E-state index contributed by atoms with van der Waals surface area (Å²) in [5.74, 6) is -0.862. The van der Waals surface area contributed by atoms with Crippen LogP contribution in [0.1, 0.15) is 33.1 Å². The summed E-state index contributed by atoms with van der Waals surface area (Å²) in [5, 5.41) is 8.70. The summed E-state index contributed by atoms with van der Waals surface area (Å²) in [6, 6.07) is 0. The van der Waals surface area contributed by atoms with Crippen LogP contribution >= 0.6 is 0 Å². The maximum Gasteiger partial charge on any atom is 0.306 e. The molecule has 7 heteroatoms. The lowest BCUT2D eigenvalue weighted by Gasteiger charge is -2.29. The first kappa shape index (κ1) is 15.4. The molecule has 0 aromatic carbocycles. The van der Waals surface area contributed by atoms with Gasteiger partial charge in [0.25, 0.3) is 10.2 Å². The molecule has 6 nitrogen and oxygen atoms in total. The van der Waals surface area contributed by atoms with Crippen molar-refractivity contribution >= 4 is 16.2 Å². The van der Waals surface area contributed by atoms with Gasteiger partial charge >= 0.3 is 5.97 Å². The van der Waals surface area contributed by atoms with Crippen molar-refractivity contribution in [1.82, 2.24) is 9.03 Å². The Morgan fingerprint density at radius 3 is 2.50 bits per heavy atom. The third kappa shape index (κ3) is 4.55. The van der Waals surface area contributed by atoms with Gasteiger partial charge in [0, 0.05) is 19.6 Å². The molecule has 0 bridgehead atoms. The Hall–Kier alpha value is -0.660. The van der Waals surface area contributed by atoms with Gasteiger partial charge in [0.05, 0.1) is 5.92 Å². The molecule has 0 saturated carbocycles. The normalized spacial score (nSPS) is 20.8. The second-order valence-corrected chi connectivity index (χ2v) is 6.76. The van der Waals surface area contributed by atoms with Crippen LogP contribution in [-0.4, -0.2) is 43.4 Å². The Morgan fingerprint density at radius 2 is 2.00 bits per heavy atom. The van der Waals surface area contributed by atoms with Gasteiger partial charge in [-0.1, -0.05) is 13.8 Å². The zero-order chi connectivity index (χ0) is 13.8. The molecule has 1 heterocycles. The Labute approximate surface area is 109 Å². The molecule has 1 unspecified atom stereocenters. The monoisotopic (exact) mass is 278 g/mol. The standard InChI is InChI=1S/C11H22N2O4S/c1-9-4-7-13(8-5-9)18(16,17)12-6-3-10(2)11(14)15/h9-10,12H,3-8H2,1-2H3,(H,14,15). The lowest BCUT2D eigenvalue weighted by atomic mass is 10.0. The molecule has 0 radical (unpaired) electrons. The molecular weight excluding hydrogens is 256 g/mol. The summed E-state index contributed by atoms with van der Waals surface area (Å²) in [4.78, 5) is 10.6. The van der Waals surface area contributed by atoms with Crippen LogP contribution in [0.5, 0.6) is 0 Å². The van der Waals surface area contributed by atoms with Gasteiger partial charge in [-0.15, -0.1) is 0 Å². The SMILES string of the molecule is CC1CCN(S(=O)(=O)NCCC(C)C(=O)O)CC1. The first-order chi connectivity index (χ1) is 8.33. The number of carbonyl (C=O) groups is 1. The highest BCUT2D eigenvalue weighted by atomic mass is 32.2. The van der Waals surface area contributed by atoms with E-state index in [-0.39, 0.29) is 6.54 Å². The first-order valence-electron chi connectivity index (χ1n) is 6.30. The predicted molar refractivity (Wildman–Crippen MR) is 68.3 cm³/mol. The molecule has 0 spiro atoms. The van der Waals surface area contributed by atoms with E-state index in [9.17, 15) is 13.2 Å². The molecule has 18 heavy (non-hydrogen) atoms. The minimum Gasteiger partial charge on any atom is -0.481 e. The molecule has 1 aliphatic heterocycles. The molecule has 0 aromatic rings. The van der Waals surface area contributed by atoms with Crippen LogP contribution < -0.4 is 4.72 Å². The molecule has 1 rings (SSSR count). The van der Waals surface area contributed by atoms with Gasteiger partial charge in [0.15, 0.2) is 0 Å². The van der Waals surface area contributed by atoms with Crippen LogP contribution in [0.4, 0.5) is 0 Å². The van der Waals surface area contributed by atoms with Gasteiger partial charge < -0.3 is 5.11 Å². The van der Waals surface area contributed by atoms with Gasteiger partial charge in [-0.2, -0.15) is 12.7 Å². The molecule has 2 N–H and O–H groups in total. The summed E-state index contributed by atoms with van der Waals surface area (Å²) in [5.41, 5.74) is 0. The van der Waals surface area contributed by atoms with Crippen molar-refractivity contribution in [3.8, 4) is 0 Å². The summed E-state index contributed by atoms with van der Waals surface area (Å²) in [6.45, 7) is 4.95. The number of hydrogen-bond donors (Lipinski definition) is 2. The number of carboxylic acid groups (broad SMARTS) is 1. The van der Waals surface area contributed by atoms with Crippen molar-refractivity contribution in [3.05, 3.63) is 0 Å². The molecule has 0 aliphatic carbocycles. The van der Waals surface area contributed by atoms with Crippen LogP contribution in [0.15, 0.2) is 0 Å². The smallest absolute Gasteiger partial charge is 0.306 e. The lowest BCUT2D eigenvalue weighted by molar-refractivity contribution is -0.141. The molecule has 1 saturated heterocycles. The quantitative estimate of drug-likeness (QED) is 0.747. The van der Waals surface area contributed by atoms with Crippen LogP contribution in [0.25, 0.3) is 0 Å². The Kier molecular flexibility index (Phi) is 5.55. The maximum atomic E-state index is 11.9. The van der Waals surface area contributed by atoms with E-state index in [1.54, 1.807) is 6.92 Å². The van der Waals surface area contributed by atoms with Crippen molar-refractivity contribution < 1.29 is 18.3 Å². The van der Waals surface area contributed by atoms with Gasteiger partial charge in [0.1, 0.15) is 0 Å². The fraction of sp³-hybridized carbons (Fsp3) is 0.909. The average molecular weight is 278 g/mol. The van der Waals surface area contributed by atoms with E-state index < -0.39 is 22.1 Å². The van der Waals surface area contributed by atoms with E-state index in [0.717, 1.165) is 12.8 Å². The second kappa shape index (κ2) is 6.49. The number of piperidine rings is 1. The second-order valence-electron chi connectivity index (χ2n) is 5.01. The number of nitrogens with zero attached hydrogens (tertiary/aromatic N) is 1. The fourth-order valence-electron chi connectivity index (χ4n) is 1.84. The summed E-state index contributed by atoms with van der Waals surface area (Å²) < 4.78 is 27.7. The third-order valence-corrected chi connectivity index (χ3v) is 4.98. The highest BCUT2D eigenvalue weighted by molar-refractivity contribution is 7.87. The van der Waals surface area contributed by atoms with E-state index in [4.69, 9.17) is 5.11 Å². The van der Waals surface area contributed by atoms with Gasteiger partial charge in [-0.3, -0.25) is 4.79 Å². The molecule has 0 aromatic heterocycles. The molecule has 1 fully saturated rings. The highest BCUT2D eigenvalue weighted by Gasteiger charge is 2.26. The van der Waals surface area contributed by atoms with Crippen LogP contribution in [0.2, 0.25) is 0 Å². The summed E-state index contributed by atoms with van der Waals surface area (Å²) in [7, 11) is -3.44. The topological polar surface area (TPSA) is 86.7 Å². The first-order valence-corrected chi connectivity index (χ1v) is 7.74. The van der Waals surface area contributed by atoms with Gasteiger partial charge in [0.2, 0.25) is 0 Å². The van der Waals surface area contributed by atoms with E-state index in [0.29, 0.717) is 25.4 Å². The van der Waals surface area contributed by atoms with Crippen molar-refractivity contribution in [1.29, 1.82) is 0 Å². The number of nitrogens with one attached hydrogen (secondary N) is 1. The highest BCUT2D eigenvalue weighted by Crippen LogP contribution is 2.17.